The van der Waals surface area contributed by atoms with E-state index in [4.69, 9.17) is 4.42 Å². The summed E-state index contributed by atoms with van der Waals surface area (Å²) in [5.74, 6) is 0. The molecule has 12 rings (SSSR count). The van der Waals surface area contributed by atoms with Gasteiger partial charge in [0.2, 0.25) is 0 Å². The Balaban J connectivity index is 1.24. The molecule has 0 unspecified atom stereocenters. The minimum absolute atomic E-state index is 0.861. The summed E-state index contributed by atoms with van der Waals surface area (Å²) in [6.45, 7) is 0. The summed E-state index contributed by atoms with van der Waals surface area (Å²) in [7, 11) is 0. The Bertz CT molecular complexity index is 3550. The highest BCUT2D eigenvalue weighted by Gasteiger charge is 2.27. The zero-order valence-electron chi connectivity index (χ0n) is 30.8. The summed E-state index contributed by atoms with van der Waals surface area (Å²) in [4.78, 5) is 2.51. The number of rotatable bonds is 5. The fourth-order valence-corrected chi connectivity index (χ4v) is 10.3. The van der Waals surface area contributed by atoms with Gasteiger partial charge in [-0.25, -0.2) is 0 Å². The van der Waals surface area contributed by atoms with Gasteiger partial charge in [0.25, 0.3) is 0 Å². The Morgan fingerprint density at radius 1 is 0.386 bits per heavy atom. The van der Waals surface area contributed by atoms with E-state index in [0.29, 0.717) is 0 Å². The number of fused-ring (bicyclic) bond motifs is 10. The average molecular weight is 744 g/mol. The highest BCUT2D eigenvalue weighted by molar-refractivity contribution is 7.25. The zero-order chi connectivity index (χ0) is 37.5. The first-order valence-electron chi connectivity index (χ1n) is 19.4. The number of benzene rings is 10. The lowest BCUT2D eigenvalue weighted by atomic mass is 9.88. The van der Waals surface area contributed by atoms with Crippen LogP contribution in [0.15, 0.2) is 205 Å². The van der Waals surface area contributed by atoms with E-state index in [9.17, 15) is 0 Å². The first-order chi connectivity index (χ1) is 28.3. The summed E-state index contributed by atoms with van der Waals surface area (Å²) in [6, 6.07) is 73.0. The lowest BCUT2D eigenvalue weighted by molar-refractivity contribution is 0.669. The van der Waals surface area contributed by atoms with Gasteiger partial charge in [-0.15, -0.1) is 11.3 Å². The van der Waals surface area contributed by atoms with Crippen LogP contribution in [0, 0.1) is 0 Å². The van der Waals surface area contributed by atoms with Crippen molar-refractivity contribution in [1.82, 2.24) is 0 Å². The quantitative estimate of drug-likeness (QED) is 0.163. The van der Waals surface area contributed by atoms with Gasteiger partial charge in [-0.05, 0) is 80.5 Å². The van der Waals surface area contributed by atoms with Gasteiger partial charge in [0, 0.05) is 59.2 Å². The van der Waals surface area contributed by atoms with Crippen molar-refractivity contribution in [3.05, 3.63) is 200 Å². The highest BCUT2D eigenvalue weighted by Crippen LogP contribution is 2.53. The van der Waals surface area contributed by atoms with E-state index in [1.165, 1.54) is 69.2 Å². The van der Waals surface area contributed by atoms with Crippen LogP contribution in [0.4, 0.5) is 17.1 Å². The fourth-order valence-electron chi connectivity index (χ4n) is 9.13. The molecule has 3 heteroatoms. The molecule has 0 aliphatic carbocycles. The predicted molar refractivity (Wildman–Crippen MR) is 245 cm³/mol. The van der Waals surface area contributed by atoms with E-state index >= 15 is 0 Å². The van der Waals surface area contributed by atoms with Crippen molar-refractivity contribution < 1.29 is 4.42 Å². The molecule has 0 N–H and O–H groups in total. The van der Waals surface area contributed by atoms with Crippen LogP contribution in [0.25, 0.3) is 96.7 Å². The van der Waals surface area contributed by atoms with Crippen LogP contribution in [0.3, 0.4) is 0 Å². The summed E-state index contributed by atoms with van der Waals surface area (Å²) >= 11 is 1.86. The monoisotopic (exact) mass is 743 g/mol. The Morgan fingerprint density at radius 2 is 1.02 bits per heavy atom. The lowest BCUT2D eigenvalue weighted by Gasteiger charge is -2.32. The number of hydrogen-bond acceptors (Lipinski definition) is 3. The van der Waals surface area contributed by atoms with E-state index in [1.807, 2.05) is 17.4 Å². The van der Waals surface area contributed by atoms with Crippen molar-refractivity contribution in [3.8, 4) is 22.3 Å². The molecule has 0 bridgehead atoms. The van der Waals surface area contributed by atoms with Gasteiger partial charge in [-0.2, -0.15) is 0 Å². The van der Waals surface area contributed by atoms with Crippen LogP contribution in [0.2, 0.25) is 0 Å². The summed E-state index contributed by atoms with van der Waals surface area (Å²) in [5, 5.41) is 12.1. The van der Waals surface area contributed by atoms with Crippen molar-refractivity contribution in [2.75, 3.05) is 4.90 Å². The molecule has 266 valence electrons. The molecule has 57 heavy (non-hydrogen) atoms. The number of anilines is 3. The molecule has 0 amide bonds. The molecule has 0 spiro atoms. The summed E-state index contributed by atoms with van der Waals surface area (Å²) in [5.41, 5.74) is 9.74. The van der Waals surface area contributed by atoms with Crippen molar-refractivity contribution in [2.45, 2.75) is 0 Å². The largest absolute Gasteiger partial charge is 0.456 e. The zero-order valence-corrected chi connectivity index (χ0v) is 31.6. The minimum atomic E-state index is 0.861. The molecule has 2 aromatic heterocycles. The molecule has 0 aliphatic rings. The van der Waals surface area contributed by atoms with Crippen molar-refractivity contribution in [3.63, 3.8) is 0 Å². The van der Waals surface area contributed by atoms with Crippen molar-refractivity contribution in [1.29, 1.82) is 0 Å². The first-order valence-corrected chi connectivity index (χ1v) is 20.2. The predicted octanol–water partition coefficient (Wildman–Crippen LogP) is 16.2. The van der Waals surface area contributed by atoms with Gasteiger partial charge in [0.15, 0.2) is 0 Å². The van der Waals surface area contributed by atoms with E-state index in [2.05, 4.69) is 199 Å². The number of furan rings is 1. The van der Waals surface area contributed by atoms with Crippen LogP contribution in [0.1, 0.15) is 0 Å². The smallest absolute Gasteiger partial charge is 0.137 e. The molecule has 0 saturated carbocycles. The van der Waals surface area contributed by atoms with Crippen molar-refractivity contribution >= 4 is 103 Å². The minimum Gasteiger partial charge on any atom is -0.456 e. The van der Waals surface area contributed by atoms with E-state index in [0.717, 1.165) is 44.6 Å². The second kappa shape index (κ2) is 12.7. The number of thiophene rings is 1. The lowest BCUT2D eigenvalue weighted by Crippen LogP contribution is -2.13. The van der Waals surface area contributed by atoms with Gasteiger partial charge in [-0.3, -0.25) is 0 Å². The Hall–Kier alpha value is -7.20. The van der Waals surface area contributed by atoms with Crippen LogP contribution in [-0.2, 0) is 0 Å². The van der Waals surface area contributed by atoms with E-state index in [-0.39, 0.29) is 0 Å². The van der Waals surface area contributed by atoms with E-state index in [1.54, 1.807) is 0 Å². The molecule has 0 atom stereocenters. The summed E-state index contributed by atoms with van der Waals surface area (Å²) < 4.78 is 9.20. The van der Waals surface area contributed by atoms with Gasteiger partial charge in [0.1, 0.15) is 11.2 Å². The van der Waals surface area contributed by atoms with Gasteiger partial charge in [0.05, 0.1) is 11.4 Å². The highest BCUT2D eigenvalue weighted by atomic mass is 32.1. The maximum absolute atomic E-state index is 6.62. The first kappa shape index (κ1) is 32.1. The third-order valence-electron chi connectivity index (χ3n) is 11.6. The molecule has 12 aromatic rings. The SMILES string of the molecule is c1ccc(N(c2ccc3c(c2)oc2ccccc23)c2c(-c3ccc4ccccc4c3)c3ccccc3c3ccccc23)c(-c2cccc3sc4ccccc4c23)c1. The number of nitrogens with zero attached hydrogens (tertiary/aromatic N) is 1. The number of hydrogen-bond donors (Lipinski definition) is 0. The maximum Gasteiger partial charge on any atom is 0.137 e. The molecule has 2 nitrogen and oxygen atoms in total. The average Bonchev–Trinajstić information content (AvgIpc) is 3.85. The second-order valence-electron chi connectivity index (χ2n) is 14.8. The standard InChI is InChI=1S/C54H33NOS/c1-2-15-35-32-36(29-28-34(35)14-1)52-43-20-5-3-16-38(43)39-17-4-6-21-45(39)54(52)55(37-30-31-42-41-19-8-11-25-48(41)56-49(42)33-37)47-24-10-7-18-40(47)44-23-13-27-51-53(44)46-22-9-12-26-50(46)57-51/h1-33H. The molecular formula is C54H33NOS. The number of para-hydroxylation sites is 2. The third kappa shape index (κ3) is 4.96. The Morgan fingerprint density at radius 3 is 1.89 bits per heavy atom. The molecule has 0 aliphatic heterocycles. The van der Waals surface area contributed by atoms with E-state index < -0.39 is 0 Å². The van der Waals surface area contributed by atoms with Crippen molar-refractivity contribution in [2.24, 2.45) is 0 Å². The van der Waals surface area contributed by atoms with Gasteiger partial charge >= 0.3 is 0 Å². The van der Waals surface area contributed by atoms with Gasteiger partial charge < -0.3 is 9.32 Å². The third-order valence-corrected chi connectivity index (χ3v) is 12.8. The molecule has 0 saturated heterocycles. The Kier molecular flexibility index (Phi) is 7.13. The molecule has 10 aromatic carbocycles. The normalized spacial score (nSPS) is 11.9. The second-order valence-corrected chi connectivity index (χ2v) is 15.9. The maximum atomic E-state index is 6.62. The molecule has 0 radical (unpaired) electrons. The van der Waals surface area contributed by atoms with Crippen LogP contribution < -0.4 is 4.90 Å². The van der Waals surface area contributed by atoms with Crippen LogP contribution >= 0.6 is 11.3 Å². The van der Waals surface area contributed by atoms with Gasteiger partial charge in [-0.1, -0.05) is 152 Å². The Labute approximate surface area is 333 Å². The molecule has 0 fully saturated rings. The summed E-state index contributed by atoms with van der Waals surface area (Å²) in [6.07, 6.45) is 0. The van der Waals surface area contributed by atoms with Crippen LogP contribution in [-0.4, -0.2) is 0 Å². The fraction of sp³-hybridized carbons (Fsp3) is 0. The molecular weight excluding hydrogens is 711 g/mol. The topological polar surface area (TPSA) is 16.4 Å². The van der Waals surface area contributed by atoms with Crippen LogP contribution in [0.5, 0.6) is 0 Å². The molecule has 2 heterocycles.